The molecule has 1 aliphatic heterocycles. The lowest BCUT2D eigenvalue weighted by atomic mass is 10.00. The summed E-state index contributed by atoms with van der Waals surface area (Å²) >= 11 is 0. The molecular formula is C21H27N6O6P. The molecule has 3 aromatic rings. The molecule has 3 heterocycles. The van der Waals surface area contributed by atoms with E-state index >= 15 is 0 Å². The highest BCUT2D eigenvalue weighted by molar-refractivity contribution is 7.57. The standard InChI is InChI=1S/C21H27N6O6P/c1-3-31-20(28)21(10-30-11-21)26-34(29,33-16-7-5-4-6-8-16)14-32-15(2)9-27-13-25-17-18(22)23-12-24-19(17)27/h4-8,12-13,15H,3,9-11,14H2,1-2H3,(H,26,29)(H2,22,23,24)/t15-,34?/m1/s1. The number of aromatic nitrogens is 4. The lowest BCUT2D eigenvalue weighted by Gasteiger charge is -2.41. The highest BCUT2D eigenvalue weighted by Gasteiger charge is 2.52. The first kappa shape index (κ1) is 24.1. The summed E-state index contributed by atoms with van der Waals surface area (Å²) in [4.78, 5) is 25.0. The van der Waals surface area contributed by atoms with E-state index in [1.54, 1.807) is 42.1 Å². The third kappa shape index (κ3) is 5.20. The molecule has 0 radical (unpaired) electrons. The van der Waals surface area contributed by atoms with Gasteiger partial charge in [0.2, 0.25) is 0 Å². The molecule has 0 saturated carbocycles. The molecule has 0 aliphatic carbocycles. The lowest BCUT2D eigenvalue weighted by molar-refractivity contribution is -0.169. The Morgan fingerprint density at radius 2 is 2.06 bits per heavy atom. The number of ether oxygens (including phenoxy) is 3. The van der Waals surface area contributed by atoms with Gasteiger partial charge in [0.25, 0.3) is 0 Å². The lowest BCUT2D eigenvalue weighted by Crippen LogP contribution is -2.65. The molecule has 4 rings (SSSR count). The van der Waals surface area contributed by atoms with E-state index in [1.807, 2.05) is 13.0 Å². The fourth-order valence-electron chi connectivity index (χ4n) is 3.45. The van der Waals surface area contributed by atoms with Crippen LogP contribution in [0.3, 0.4) is 0 Å². The number of rotatable bonds is 11. The number of nitrogens with two attached hydrogens (primary N) is 1. The average Bonchev–Trinajstić information content (AvgIpc) is 3.20. The van der Waals surface area contributed by atoms with Crippen LogP contribution in [0.4, 0.5) is 5.82 Å². The largest absolute Gasteiger partial charge is 0.464 e. The molecule has 12 nitrogen and oxygen atoms in total. The maximum Gasteiger partial charge on any atom is 0.343 e. The van der Waals surface area contributed by atoms with E-state index in [2.05, 4.69) is 20.0 Å². The maximum atomic E-state index is 13.9. The molecule has 2 atom stereocenters. The van der Waals surface area contributed by atoms with Crippen molar-refractivity contribution in [3.63, 3.8) is 0 Å². The molecule has 0 amide bonds. The second-order valence-electron chi connectivity index (χ2n) is 7.92. The van der Waals surface area contributed by atoms with Crippen LogP contribution in [0, 0.1) is 0 Å². The summed E-state index contributed by atoms with van der Waals surface area (Å²) in [6.45, 7) is 4.11. The summed E-state index contributed by atoms with van der Waals surface area (Å²) in [6.07, 6.45) is 2.26. The molecule has 34 heavy (non-hydrogen) atoms. The zero-order valence-corrected chi connectivity index (χ0v) is 19.8. The van der Waals surface area contributed by atoms with Crippen LogP contribution in [0.5, 0.6) is 5.75 Å². The van der Waals surface area contributed by atoms with E-state index in [4.69, 9.17) is 24.5 Å². The highest BCUT2D eigenvalue weighted by atomic mass is 31.2. The smallest absolute Gasteiger partial charge is 0.343 e. The van der Waals surface area contributed by atoms with Gasteiger partial charge in [-0.05, 0) is 26.0 Å². The Balaban J connectivity index is 1.49. The van der Waals surface area contributed by atoms with E-state index in [0.717, 1.165) is 0 Å². The molecule has 1 aliphatic rings. The Labute approximate surface area is 196 Å². The predicted molar refractivity (Wildman–Crippen MR) is 123 cm³/mol. The van der Waals surface area contributed by atoms with Gasteiger partial charge in [-0.2, -0.15) is 0 Å². The molecule has 182 valence electrons. The molecule has 3 N–H and O–H groups in total. The fraction of sp³-hybridized carbons (Fsp3) is 0.429. The molecule has 1 aromatic carbocycles. The Morgan fingerprint density at radius 3 is 2.74 bits per heavy atom. The van der Waals surface area contributed by atoms with Crippen LogP contribution in [0.25, 0.3) is 11.2 Å². The van der Waals surface area contributed by atoms with Crippen LogP contribution in [0.15, 0.2) is 43.0 Å². The Hall–Kier alpha value is -3.05. The first-order chi connectivity index (χ1) is 16.3. The van der Waals surface area contributed by atoms with E-state index in [0.29, 0.717) is 23.5 Å². The van der Waals surface area contributed by atoms with Crippen molar-refractivity contribution in [2.24, 2.45) is 0 Å². The first-order valence-electron chi connectivity index (χ1n) is 10.8. The van der Waals surface area contributed by atoms with Gasteiger partial charge in [0.1, 0.15) is 23.9 Å². The number of nitrogen functional groups attached to an aromatic ring is 1. The van der Waals surface area contributed by atoms with E-state index in [-0.39, 0.29) is 32.0 Å². The van der Waals surface area contributed by atoms with Gasteiger partial charge in [-0.1, -0.05) is 18.2 Å². The second-order valence-corrected chi connectivity index (χ2v) is 9.93. The van der Waals surface area contributed by atoms with E-state index in [1.165, 1.54) is 6.33 Å². The number of carbonyl (C=O) groups is 1. The zero-order chi connectivity index (χ0) is 24.2. The quantitative estimate of drug-likeness (QED) is 0.300. The van der Waals surface area contributed by atoms with Crippen molar-refractivity contribution in [3.8, 4) is 5.75 Å². The molecular weight excluding hydrogens is 463 g/mol. The van der Waals surface area contributed by atoms with Crippen LogP contribution >= 0.6 is 7.52 Å². The number of benzene rings is 1. The SMILES string of the molecule is CCOC(=O)C1(NP(=O)(CO[C@H](C)Cn2cnc3c(N)ncnc32)Oc2ccccc2)COC1. The molecule has 1 saturated heterocycles. The van der Waals surface area contributed by atoms with Gasteiger partial charge < -0.3 is 29.0 Å². The summed E-state index contributed by atoms with van der Waals surface area (Å²) in [6, 6.07) is 8.68. The first-order valence-corrected chi connectivity index (χ1v) is 12.6. The Bertz CT molecular complexity index is 1180. The average molecular weight is 490 g/mol. The van der Waals surface area contributed by atoms with Crippen molar-refractivity contribution in [3.05, 3.63) is 43.0 Å². The molecule has 0 bridgehead atoms. The van der Waals surface area contributed by atoms with Gasteiger partial charge in [0.15, 0.2) is 17.0 Å². The summed E-state index contributed by atoms with van der Waals surface area (Å²) in [5, 5.41) is 2.88. The van der Waals surface area contributed by atoms with Gasteiger partial charge in [-0.3, -0.25) is 4.57 Å². The van der Waals surface area contributed by atoms with Gasteiger partial charge >= 0.3 is 13.5 Å². The van der Waals surface area contributed by atoms with Crippen molar-refractivity contribution >= 4 is 30.5 Å². The summed E-state index contributed by atoms with van der Waals surface area (Å²) in [5.74, 6) is 0.115. The van der Waals surface area contributed by atoms with Gasteiger partial charge in [0, 0.05) is 0 Å². The van der Waals surface area contributed by atoms with Crippen molar-refractivity contribution in [2.75, 3.05) is 31.9 Å². The van der Waals surface area contributed by atoms with Crippen LogP contribution in [-0.4, -0.2) is 63.3 Å². The monoisotopic (exact) mass is 490 g/mol. The number of nitrogens with zero attached hydrogens (tertiary/aromatic N) is 4. The summed E-state index contributed by atoms with van der Waals surface area (Å²) in [7, 11) is -3.73. The Morgan fingerprint density at radius 1 is 1.29 bits per heavy atom. The molecule has 2 aromatic heterocycles. The number of imidazole rings is 1. The summed E-state index contributed by atoms with van der Waals surface area (Å²) in [5.41, 5.74) is 5.65. The van der Waals surface area contributed by atoms with Crippen molar-refractivity contribution in [1.82, 2.24) is 24.6 Å². The van der Waals surface area contributed by atoms with Crippen molar-refractivity contribution < 1.29 is 28.1 Å². The number of carbonyl (C=O) groups excluding carboxylic acids is 1. The van der Waals surface area contributed by atoms with Crippen LogP contribution in [0.2, 0.25) is 0 Å². The number of anilines is 1. The van der Waals surface area contributed by atoms with Gasteiger partial charge in [-0.25, -0.2) is 24.8 Å². The number of hydrogen-bond acceptors (Lipinski definition) is 10. The molecule has 1 fully saturated rings. The molecule has 0 spiro atoms. The second kappa shape index (κ2) is 10.1. The highest BCUT2D eigenvalue weighted by Crippen LogP contribution is 2.46. The van der Waals surface area contributed by atoms with Crippen molar-refractivity contribution in [2.45, 2.75) is 32.0 Å². The molecule has 1 unspecified atom stereocenters. The number of hydrogen-bond donors (Lipinski definition) is 2. The third-order valence-electron chi connectivity index (χ3n) is 5.16. The number of esters is 1. The minimum atomic E-state index is -3.73. The zero-order valence-electron chi connectivity index (χ0n) is 18.9. The van der Waals surface area contributed by atoms with E-state index < -0.39 is 25.1 Å². The van der Waals surface area contributed by atoms with Crippen molar-refractivity contribution in [1.29, 1.82) is 0 Å². The molecule has 13 heteroatoms. The van der Waals surface area contributed by atoms with Crippen LogP contribution < -0.4 is 15.3 Å². The third-order valence-corrected chi connectivity index (χ3v) is 6.92. The number of fused-ring (bicyclic) bond motifs is 1. The van der Waals surface area contributed by atoms with Crippen LogP contribution in [-0.2, 0) is 30.1 Å². The minimum absolute atomic E-state index is 0.0195. The number of nitrogens with one attached hydrogen (secondary N) is 1. The van der Waals surface area contributed by atoms with Gasteiger partial charge in [0.05, 0.1) is 38.8 Å². The van der Waals surface area contributed by atoms with Gasteiger partial charge in [-0.15, -0.1) is 0 Å². The normalized spacial score (nSPS) is 17.5. The maximum absolute atomic E-state index is 13.9. The minimum Gasteiger partial charge on any atom is -0.464 e. The number of para-hydroxylation sites is 1. The fourth-order valence-corrected chi connectivity index (χ4v) is 5.40. The predicted octanol–water partition coefficient (Wildman–Crippen LogP) is 1.96. The van der Waals surface area contributed by atoms with E-state index in [9.17, 15) is 9.36 Å². The van der Waals surface area contributed by atoms with Crippen LogP contribution in [0.1, 0.15) is 13.8 Å². The summed E-state index contributed by atoms with van der Waals surface area (Å²) < 4.78 is 37.8. The Kier molecular flexibility index (Phi) is 7.13. The topological polar surface area (TPSA) is 153 Å².